The number of amides is 1. The monoisotopic (exact) mass is 489 g/mol. The number of aromatic nitrogens is 5. The van der Waals surface area contributed by atoms with Crippen LogP contribution in [0.2, 0.25) is 0 Å². The molecule has 5 rings (SSSR count). The van der Waals surface area contributed by atoms with E-state index in [0.717, 1.165) is 24.3 Å². The largest absolute Gasteiger partial charge is 0.454 e. The van der Waals surface area contributed by atoms with Gasteiger partial charge in [-0.3, -0.25) is 4.79 Å². The number of rotatable bonds is 8. The van der Waals surface area contributed by atoms with Gasteiger partial charge in [-0.15, -0.1) is 5.10 Å². The first-order valence-electron chi connectivity index (χ1n) is 11.2. The van der Waals surface area contributed by atoms with Gasteiger partial charge in [-0.25, -0.2) is 10.1 Å². The van der Waals surface area contributed by atoms with E-state index in [0.29, 0.717) is 22.8 Å². The maximum atomic E-state index is 13.1. The Morgan fingerprint density at radius 2 is 1.92 bits per heavy atom. The molecule has 0 fully saturated rings. The average molecular weight is 489 g/mol. The van der Waals surface area contributed by atoms with Crippen molar-refractivity contribution < 1.29 is 18.9 Å². The first-order chi connectivity index (χ1) is 17.6. The van der Waals surface area contributed by atoms with Gasteiger partial charge in [0.2, 0.25) is 18.4 Å². The molecule has 0 saturated heterocycles. The minimum atomic E-state index is -0.583. The number of anilines is 2. The highest BCUT2D eigenvalue weighted by atomic mass is 16.7. The van der Waals surface area contributed by atoms with Crippen molar-refractivity contribution in [2.75, 3.05) is 30.5 Å². The van der Waals surface area contributed by atoms with E-state index < -0.39 is 5.91 Å². The molecular weight excluding hydrogens is 466 g/mol. The lowest BCUT2D eigenvalue weighted by Crippen LogP contribution is -2.21. The second-order valence-corrected chi connectivity index (χ2v) is 7.70. The van der Waals surface area contributed by atoms with Crippen molar-refractivity contribution >= 4 is 23.6 Å². The van der Waals surface area contributed by atoms with E-state index in [9.17, 15) is 4.79 Å². The molecule has 2 aromatic carbocycles. The number of nitrogens with two attached hydrogens (primary N) is 1. The van der Waals surface area contributed by atoms with E-state index in [1.165, 1.54) is 4.68 Å². The van der Waals surface area contributed by atoms with Crippen molar-refractivity contribution in [3.05, 3.63) is 53.7 Å². The number of ether oxygens (including phenoxy) is 2. The minimum Gasteiger partial charge on any atom is -0.454 e. The van der Waals surface area contributed by atoms with Gasteiger partial charge in [0.15, 0.2) is 17.2 Å². The highest BCUT2D eigenvalue weighted by Gasteiger charge is 2.26. The fourth-order valence-electron chi connectivity index (χ4n) is 3.80. The predicted octanol–water partition coefficient (Wildman–Crippen LogP) is 2.24. The molecule has 184 valence electrons. The standard InChI is InChI=1S/C23H23N9O4/c1-3-31(4-2)16-8-5-14(6-9-16)12-25-27-23(33)19-20(15-7-10-17-18(11-15)35-13-34-17)32(30-26-19)22-21(24)28-36-29-22/h5-12H,3-4,13H2,1-2H3,(H2,24,28)(H,27,33)/b25-12-. The van der Waals surface area contributed by atoms with Gasteiger partial charge in [-0.2, -0.15) is 9.78 Å². The van der Waals surface area contributed by atoms with E-state index in [-0.39, 0.29) is 24.1 Å². The lowest BCUT2D eigenvalue weighted by molar-refractivity contribution is 0.0950. The number of hydrogen-bond donors (Lipinski definition) is 2. The molecule has 13 nitrogen and oxygen atoms in total. The van der Waals surface area contributed by atoms with Crippen molar-refractivity contribution in [1.82, 2.24) is 30.7 Å². The number of nitrogens with zero attached hydrogens (tertiary/aromatic N) is 7. The molecular formula is C23H23N9O4. The van der Waals surface area contributed by atoms with Gasteiger partial charge in [-0.05, 0) is 60.1 Å². The summed E-state index contributed by atoms with van der Waals surface area (Å²) in [7, 11) is 0. The zero-order chi connectivity index (χ0) is 25.1. The summed E-state index contributed by atoms with van der Waals surface area (Å²) in [6.45, 7) is 6.16. The number of nitrogens with one attached hydrogen (secondary N) is 1. The first kappa shape index (κ1) is 22.8. The molecule has 1 aliphatic rings. The fraction of sp³-hybridized carbons (Fsp3) is 0.217. The lowest BCUT2D eigenvalue weighted by Gasteiger charge is -2.20. The number of nitrogen functional groups attached to an aromatic ring is 1. The molecule has 0 unspecified atom stereocenters. The summed E-state index contributed by atoms with van der Waals surface area (Å²) in [6, 6.07) is 13.0. The summed E-state index contributed by atoms with van der Waals surface area (Å²) in [5.41, 5.74) is 11.2. The molecule has 0 bridgehead atoms. The van der Waals surface area contributed by atoms with E-state index in [4.69, 9.17) is 19.8 Å². The molecule has 1 aliphatic heterocycles. The van der Waals surface area contributed by atoms with Crippen LogP contribution in [-0.2, 0) is 0 Å². The summed E-state index contributed by atoms with van der Waals surface area (Å²) in [5, 5.41) is 19.5. The molecule has 3 heterocycles. The second-order valence-electron chi connectivity index (χ2n) is 7.70. The lowest BCUT2D eigenvalue weighted by atomic mass is 10.1. The average Bonchev–Trinajstić information content (AvgIpc) is 3.64. The van der Waals surface area contributed by atoms with E-state index in [2.05, 4.69) is 49.9 Å². The van der Waals surface area contributed by atoms with Crippen LogP contribution in [-0.4, -0.2) is 57.3 Å². The van der Waals surface area contributed by atoms with Gasteiger partial charge < -0.3 is 20.1 Å². The topological polar surface area (TPSA) is 159 Å². The third-order valence-corrected chi connectivity index (χ3v) is 5.63. The van der Waals surface area contributed by atoms with E-state index >= 15 is 0 Å². The maximum Gasteiger partial charge on any atom is 0.294 e. The fourth-order valence-corrected chi connectivity index (χ4v) is 3.80. The van der Waals surface area contributed by atoms with Gasteiger partial charge in [-0.1, -0.05) is 17.3 Å². The van der Waals surface area contributed by atoms with Crippen molar-refractivity contribution in [1.29, 1.82) is 0 Å². The van der Waals surface area contributed by atoms with Crippen LogP contribution in [0, 0.1) is 0 Å². The Morgan fingerprint density at radius 1 is 1.14 bits per heavy atom. The molecule has 0 aliphatic carbocycles. The SMILES string of the molecule is CCN(CC)c1ccc(/C=N\NC(=O)c2nnn(-c3nonc3N)c2-c2ccc3c(c2)OCO3)cc1. The Labute approximate surface area is 205 Å². The van der Waals surface area contributed by atoms with Gasteiger partial charge in [0.25, 0.3) is 5.91 Å². The predicted molar refractivity (Wildman–Crippen MR) is 130 cm³/mol. The van der Waals surface area contributed by atoms with Gasteiger partial charge in [0, 0.05) is 24.3 Å². The van der Waals surface area contributed by atoms with Crippen LogP contribution < -0.4 is 25.5 Å². The first-order valence-corrected chi connectivity index (χ1v) is 11.2. The van der Waals surface area contributed by atoms with Crippen molar-refractivity contribution in [2.24, 2.45) is 5.10 Å². The smallest absolute Gasteiger partial charge is 0.294 e. The Kier molecular flexibility index (Phi) is 6.18. The molecule has 3 N–H and O–H groups in total. The van der Waals surface area contributed by atoms with Crippen LogP contribution in [0.1, 0.15) is 29.9 Å². The maximum absolute atomic E-state index is 13.1. The number of carbonyl (C=O) groups is 1. The molecule has 13 heteroatoms. The van der Waals surface area contributed by atoms with Gasteiger partial charge in [0.05, 0.1) is 6.21 Å². The third-order valence-electron chi connectivity index (χ3n) is 5.63. The Hall–Kier alpha value is -4.94. The van der Waals surface area contributed by atoms with Gasteiger partial charge >= 0.3 is 0 Å². The molecule has 4 aromatic rings. The van der Waals surface area contributed by atoms with Gasteiger partial charge in [0.1, 0.15) is 5.69 Å². The van der Waals surface area contributed by atoms with Crippen molar-refractivity contribution in [2.45, 2.75) is 13.8 Å². The highest BCUT2D eigenvalue weighted by Crippen LogP contribution is 2.37. The van der Waals surface area contributed by atoms with Crippen LogP contribution in [0.4, 0.5) is 11.5 Å². The molecule has 0 atom stereocenters. The molecule has 1 amide bonds. The molecule has 2 aromatic heterocycles. The Bertz CT molecular complexity index is 1410. The van der Waals surface area contributed by atoms with Crippen LogP contribution in [0.25, 0.3) is 17.1 Å². The van der Waals surface area contributed by atoms with Crippen molar-refractivity contribution in [3.8, 4) is 28.6 Å². The molecule has 0 spiro atoms. The van der Waals surface area contributed by atoms with Crippen LogP contribution >= 0.6 is 0 Å². The molecule has 0 saturated carbocycles. The van der Waals surface area contributed by atoms with Crippen LogP contribution in [0.3, 0.4) is 0 Å². The number of hydrazone groups is 1. The zero-order valence-corrected chi connectivity index (χ0v) is 19.6. The second kappa shape index (κ2) is 9.74. The summed E-state index contributed by atoms with van der Waals surface area (Å²) in [6.07, 6.45) is 1.55. The quantitative estimate of drug-likeness (QED) is 0.278. The van der Waals surface area contributed by atoms with E-state index in [1.807, 2.05) is 24.3 Å². The minimum absolute atomic E-state index is 0.00898. The normalized spacial score (nSPS) is 12.3. The Morgan fingerprint density at radius 3 is 2.64 bits per heavy atom. The summed E-state index contributed by atoms with van der Waals surface area (Å²) in [4.78, 5) is 15.3. The third kappa shape index (κ3) is 4.29. The number of hydrogen-bond acceptors (Lipinski definition) is 11. The zero-order valence-electron chi connectivity index (χ0n) is 19.6. The number of fused-ring (bicyclic) bond motifs is 1. The summed E-state index contributed by atoms with van der Waals surface area (Å²) < 4.78 is 16.8. The molecule has 36 heavy (non-hydrogen) atoms. The highest BCUT2D eigenvalue weighted by molar-refractivity contribution is 5.99. The summed E-state index contributed by atoms with van der Waals surface area (Å²) >= 11 is 0. The van der Waals surface area contributed by atoms with Crippen LogP contribution in [0.15, 0.2) is 52.2 Å². The number of benzene rings is 2. The van der Waals surface area contributed by atoms with E-state index in [1.54, 1.807) is 24.4 Å². The van der Waals surface area contributed by atoms with Crippen LogP contribution in [0.5, 0.6) is 11.5 Å². The molecule has 0 radical (unpaired) electrons. The Balaban J connectivity index is 1.41. The summed E-state index contributed by atoms with van der Waals surface area (Å²) in [5.74, 6) is 0.595. The number of carbonyl (C=O) groups excluding carboxylic acids is 1. The van der Waals surface area contributed by atoms with Crippen molar-refractivity contribution in [3.63, 3.8) is 0 Å².